The molecule has 2 aromatic rings. The molecule has 2 rings (SSSR count). The number of aromatic nitrogens is 2. The van der Waals surface area contributed by atoms with Gasteiger partial charge in [-0.05, 0) is 19.4 Å². The van der Waals surface area contributed by atoms with Crippen molar-refractivity contribution in [3.8, 4) is 0 Å². The molecule has 4 N–H and O–H groups in total. The number of nitrogens with one attached hydrogen (secondary N) is 2. The van der Waals surface area contributed by atoms with Crippen molar-refractivity contribution in [1.82, 2.24) is 9.97 Å². The molecule has 112 valence electrons. The molecule has 0 saturated carbocycles. The first-order chi connectivity index (χ1) is 10.0. The van der Waals surface area contributed by atoms with Gasteiger partial charge in [-0.15, -0.1) is 0 Å². The Morgan fingerprint density at radius 1 is 1.14 bits per heavy atom. The predicted octanol–water partition coefficient (Wildman–Crippen LogP) is 3.11. The number of benzene rings is 1. The van der Waals surface area contributed by atoms with Crippen LogP contribution in [0.25, 0.3) is 0 Å². The highest BCUT2D eigenvalue weighted by molar-refractivity contribution is 5.57. The summed E-state index contributed by atoms with van der Waals surface area (Å²) in [6.07, 6.45) is 0. The highest BCUT2D eigenvalue weighted by Crippen LogP contribution is 2.23. The highest BCUT2D eigenvalue weighted by atomic mass is 15.3. The van der Waals surface area contributed by atoms with Crippen molar-refractivity contribution in [1.29, 1.82) is 0 Å². The maximum Gasteiger partial charge on any atom is 0.148 e. The maximum absolute atomic E-state index is 5.55. The van der Waals surface area contributed by atoms with E-state index in [9.17, 15) is 0 Å². The predicted molar refractivity (Wildman–Crippen MR) is 87.2 cm³/mol. The molecule has 0 unspecified atom stereocenters. The summed E-state index contributed by atoms with van der Waals surface area (Å²) >= 11 is 0. The van der Waals surface area contributed by atoms with Crippen molar-refractivity contribution in [2.24, 2.45) is 5.84 Å². The Morgan fingerprint density at radius 3 is 2.48 bits per heavy atom. The summed E-state index contributed by atoms with van der Waals surface area (Å²) in [5.41, 5.74) is 6.05. The Hall–Kier alpha value is -2.14. The summed E-state index contributed by atoms with van der Waals surface area (Å²) in [6.45, 7) is 8.90. The molecule has 5 heteroatoms. The number of hydrazine groups is 1. The Morgan fingerprint density at radius 2 is 1.86 bits per heavy atom. The Bertz CT molecular complexity index is 622. The number of anilines is 2. The number of aryl methyl sites for hydroxylation is 1. The van der Waals surface area contributed by atoms with Crippen LogP contribution >= 0.6 is 0 Å². The van der Waals surface area contributed by atoms with E-state index in [1.807, 2.05) is 6.92 Å². The van der Waals surface area contributed by atoms with E-state index in [1.54, 1.807) is 0 Å². The van der Waals surface area contributed by atoms with E-state index in [2.05, 4.69) is 65.7 Å². The van der Waals surface area contributed by atoms with Crippen molar-refractivity contribution in [3.05, 3.63) is 46.8 Å². The number of hydrogen-bond donors (Lipinski definition) is 3. The molecular weight excluding hydrogens is 262 g/mol. The molecule has 5 nitrogen and oxygen atoms in total. The monoisotopic (exact) mass is 285 g/mol. The van der Waals surface area contributed by atoms with Gasteiger partial charge in [0.1, 0.15) is 17.5 Å². The Kier molecular flexibility index (Phi) is 4.75. The Balaban J connectivity index is 2.24. The molecule has 0 atom stereocenters. The van der Waals surface area contributed by atoms with Gasteiger partial charge in [-0.1, -0.05) is 43.7 Å². The average Bonchev–Trinajstić information content (AvgIpc) is 2.46. The first-order valence-electron chi connectivity index (χ1n) is 7.15. The van der Waals surface area contributed by atoms with Crippen LogP contribution in [-0.4, -0.2) is 9.97 Å². The molecule has 0 aliphatic carbocycles. The summed E-state index contributed by atoms with van der Waals surface area (Å²) in [6, 6.07) is 8.41. The standard InChI is InChI=1S/C16H23N5/c1-10(2)14-19-15(12(4)16(20-14)21-17)18-9-13-7-5-6-11(3)8-13/h5-8,10H,9,17H2,1-4H3,(H2,18,19,20,21). The van der Waals surface area contributed by atoms with Crippen LogP contribution in [0.1, 0.15) is 42.3 Å². The van der Waals surface area contributed by atoms with Gasteiger partial charge < -0.3 is 10.7 Å². The quantitative estimate of drug-likeness (QED) is 0.581. The summed E-state index contributed by atoms with van der Waals surface area (Å²) < 4.78 is 0. The van der Waals surface area contributed by atoms with Gasteiger partial charge in [0.05, 0.1) is 0 Å². The van der Waals surface area contributed by atoms with Crippen molar-refractivity contribution in [2.75, 3.05) is 10.7 Å². The number of nitrogen functional groups attached to an aromatic ring is 1. The lowest BCUT2D eigenvalue weighted by molar-refractivity contribution is 0.772. The molecule has 0 aliphatic rings. The first kappa shape index (κ1) is 15.3. The molecule has 1 heterocycles. The molecule has 0 spiro atoms. The zero-order valence-electron chi connectivity index (χ0n) is 13.1. The van der Waals surface area contributed by atoms with Crippen LogP contribution in [0.15, 0.2) is 24.3 Å². The third-order valence-electron chi connectivity index (χ3n) is 3.36. The minimum atomic E-state index is 0.247. The van der Waals surface area contributed by atoms with Crippen LogP contribution in [0, 0.1) is 13.8 Å². The zero-order chi connectivity index (χ0) is 15.4. The van der Waals surface area contributed by atoms with Gasteiger partial charge in [0.25, 0.3) is 0 Å². The van der Waals surface area contributed by atoms with E-state index in [1.165, 1.54) is 11.1 Å². The number of rotatable bonds is 5. The molecule has 21 heavy (non-hydrogen) atoms. The number of hydrogen-bond acceptors (Lipinski definition) is 5. The summed E-state index contributed by atoms with van der Waals surface area (Å²) in [4.78, 5) is 9.03. The molecule has 0 fully saturated rings. The maximum atomic E-state index is 5.55. The van der Waals surface area contributed by atoms with Gasteiger partial charge in [0.15, 0.2) is 0 Å². The largest absolute Gasteiger partial charge is 0.366 e. The molecule has 1 aromatic carbocycles. The van der Waals surface area contributed by atoms with Crippen LogP contribution in [0.5, 0.6) is 0 Å². The van der Waals surface area contributed by atoms with Crippen molar-refractivity contribution in [3.63, 3.8) is 0 Å². The summed E-state index contributed by atoms with van der Waals surface area (Å²) in [5.74, 6) is 8.06. The van der Waals surface area contributed by atoms with Crippen LogP contribution in [0.2, 0.25) is 0 Å². The lowest BCUT2D eigenvalue weighted by Gasteiger charge is -2.15. The van der Waals surface area contributed by atoms with Gasteiger partial charge >= 0.3 is 0 Å². The fourth-order valence-electron chi connectivity index (χ4n) is 2.11. The fourth-order valence-corrected chi connectivity index (χ4v) is 2.11. The molecular formula is C16H23N5. The SMILES string of the molecule is Cc1cccc(CNc2nc(C(C)C)nc(NN)c2C)c1. The smallest absolute Gasteiger partial charge is 0.148 e. The van der Waals surface area contributed by atoms with E-state index < -0.39 is 0 Å². The number of nitrogens with two attached hydrogens (primary N) is 1. The van der Waals surface area contributed by atoms with E-state index in [4.69, 9.17) is 5.84 Å². The van der Waals surface area contributed by atoms with Crippen LogP contribution < -0.4 is 16.6 Å². The first-order valence-corrected chi connectivity index (χ1v) is 7.15. The van der Waals surface area contributed by atoms with Crippen LogP contribution in [0.4, 0.5) is 11.6 Å². The van der Waals surface area contributed by atoms with Gasteiger partial charge in [-0.3, -0.25) is 0 Å². The molecule has 0 saturated heterocycles. The topological polar surface area (TPSA) is 75.9 Å². The average molecular weight is 285 g/mol. The van der Waals surface area contributed by atoms with E-state index in [0.29, 0.717) is 5.82 Å². The fraction of sp³-hybridized carbons (Fsp3) is 0.375. The van der Waals surface area contributed by atoms with E-state index in [-0.39, 0.29) is 5.92 Å². The summed E-state index contributed by atoms with van der Waals surface area (Å²) in [5, 5.41) is 3.38. The number of nitrogens with zero attached hydrogens (tertiary/aromatic N) is 2. The normalized spacial score (nSPS) is 10.8. The molecule has 0 bridgehead atoms. The van der Waals surface area contributed by atoms with E-state index >= 15 is 0 Å². The van der Waals surface area contributed by atoms with Gasteiger partial charge in [0.2, 0.25) is 0 Å². The van der Waals surface area contributed by atoms with E-state index in [0.717, 1.165) is 23.8 Å². The molecule has 1 aromatic heterocycles. The molecule has 0 aliphatic heterocycles. The third kappa shape index (κ3) is 3.70. The second-order valence-corrected chi connectivity index (χ2v) is 5.55. The lowest BCUT2D eigenvalue weighted by atomic mass is 10.1. The minimum Gasteiger partial charge on any atom is -0.366 e. The van der Waals surface area contributed by atoms with Gasteiger partial charge in [-0.25, -0.2) is 15.8 Å². The van der Waals surface area contributed by atoms with Crippen molar-refractivity contribution in [2.45, 2.75) is 40.2 Å². The van der Waals surface area contributed by atoms with Crippen molar-refractivity contribution < 1.29 is 0 Å². The van der Waals surface area contributed by atoms with Gasteiger partial charge in [0, 0.05) is 18.0 Å². The second kappa shape index (κ2) is 6.54. The minimum absolute atomic E-state index is 0.247. The molecule has 0 radical (unpaired) electrons. The second-order valence-electron chi connectivity index (χ2n) is 5.55. The molecule has 0 amide bonds. The van der Waals surface area contributed by atoms with Gasteiger partial charge in [-0.2, -0.15) is 0 Å². The third-order valence-corrected chi connectivity index (χ3v) is 3.36. The zero-order valence-corrected chi connectivity index (χ0v) is 13.1. The highest BCUT2D eigenvalue weighted by Gasteiger charge is 2.12. The van der Waals surface area contributed by atoms with Crippen LogP contribution in [0.3, 0.4) is 0 Å². The summed E-state index contributed by atoms with van der Waals surface area (Å²) in [7, 11) is 0. The van der Waals surface area contributed by atoms with Crippen molar-refractivity contribution >= 4 is 11.6 Å². The Labute approximate surface area is 126 Å². The van der Waals surface area contributed by atoms with Crippen LogP contribution in [-0.2, 0) is 6.54 Å². The lowest BCUT2D eigenvalue weighted by Crippen LogP contribution is -2.15.